The Morgan fingerprint density at radius 3 is 2.05 bits per heavy atom. The van der Waals surface area contributed by atoms with Crippen molar-refractivity contribution in [1.29, 1.82) is 0 Å². The van der Waals surface area contributed by atoms with Gasteiger partial charge in [-0.25, -0.2) is 0 Å². The van der Waals surface area contributed by atoms with Crippen molar-refractivity contribution in [1.82, 2.24) is 5.32 Å². The second-order valence-corrected chi connectivity index (χ2v) is 6.12. The summed E-state index contributed by atoms with van der Waals surface area (Å²) in [5.74, 6) is 0.605. The number of rotatable bonds is 9. The van der Waals surface area contributed by atoms with Crippen molar-refractivity contribution < 1.29 is 4.74 Å². The molecule has 2 heteroatoms. The molecule has 0 spiro atoms. The van der Waals surface area contributed by atoms with Gasteiger partial charge in [-0.3, -0.25) is 0 Å². The van der Waals surface area contributed by atoms with Gasteiger partial charge >= 0.3 is 0 Å². The quantitative estimate of drug-likeness (QED) is 0.662. The topological polar surface area (TPSA) is 21.3 Å². The molecular formula is C18H31NO. The van der Waals surface area contributed by atoms with Gasteiger partial charge in [0.1, 0.15) is 0 Å². The van der Waals surface area contributed by atoms with Crippen LogP contribution in [0.2, 0.25) is 0 Å². The maximum atomic E-state index is 5.54. The zero-order valence-electron chi connectivity index (χ0n) is 13.8. The molecule has 1 aromatic rings. The normalized spacial score (nSPS) is 13.2. The lowest BCUT2D eigenvalue weighted by atomic mass is 9.99. The molecule has 1 aromatic carbocycles. The fraction of sp³-hybridized carbons (Fsp3) is 0.667. The summed E-state index contributed by atoms with van der Waals surface area (Å²) in [6.45, 7) is 12.8. The molecule has 0 aliphatic carbocycles. The van der Waals surface area contributed by atoms with Crippen LogP contribution in [0.5, 0.6) is 0 Å². The number of benzene rings is 1. The largest absolute Gasteiger partial charge is 0.379 e. The van der Waals surface area contributed by atoms with Gasteiger partial charge in [0.25, 0.3) is 0 Å². The predicted molar refractivity (Wildman–Crippen MR) is 87.3 cm³/mol. The van der Waals surface area contributed by atoms with Gasteiger partial charge in [0, 0.05) is 12.6 Å². The molecule has 1 N–H and O–H groups in total. The van der Waals surface area contributed by atoms with Gasteiger partial charge in [0.15, 0.2) is 0 Å². The van der Waals surface area contributed by atoms with Crippen LogP contribution < -0.4 is 5.32 Å². The van der Waals surface area contributed by atoms with E-state index in [1.165, 1.54) is 17.5 Å². The Morgan fingerprint density at radius 2 is 1.50 bits per heavy atom. The minimum atomic E-state index is 0.348. The fourth-order valence-electron chi connectivity index (χ4n) is 2.15. The van der Waals surface area contributed by atoms with Gasteiger partial charge in [0.2, 0.25) is 0 Å². The molecule has 0 radical (unpaired) electrons. The summed E-state index contributed by atoms with van der Waals surface area (Å²) < 4.78 is 5.54. The van der Waals surface area contributed by atoms with Crippen molar-refractivity contribution >= 4 is 0 Å². The third kappa shape index (κ3) is 6.53. The van der Waals surface area contributed by atoms with Gasteiger partial charge in [-0.2, -0.15) is 0 Å². The summed E-state index contributed by atoms with van der Waals surface area (Å²) in [4.78, 5) is 0. The molecule has 2 nitrogen and oxygen atoms in total. The van der Waals surface area contributed by atoms with Crippen LogP contribution in [0.3, 0.4) is 0 Å². The average molecular weight is 277 g/mol. The van der Waals surface area contributed by atoms with E-state index in [9.17, 15) is 0 Å². The first kappa shape index (κ1) is 17.2. The smallest absolute Gasteiger partial charge is 0.0518 e. The van der Waals surface area contributed by atoms with Crippen LogP contribution in [-0.4, -0.2) is 19.3 Å². The highest BCUT2D eigenvalue weighted by Crippen LogP contribution is 2.18. The van der Waals surface area contributed by atoms with Crippen LogP contribution in [0.4, 0.5) is 0 Å². The van der Waals surface area contributed by atoms with Gasteiger partial charge in [-0.15, -0.1) is 0 Å². The van der Waals surface area contributed by atoms with Crippen molar-refractivity contribution in [3.8, 4) is 0 Å². The Morgan fingerprint density at radius 1 is 0.900 bits per heavy atom. The summed E-state index contributed by atoms with van der Waals surface area (Å²) in [7, 11) is 0. The highest BCUT2D eigenvalue weighted by molar-refractivity contribution is 5.26. The summed E-state index contributed by atoms with van der Waals surface area (Å²) in [5, 5.41) is 3.58. The van der Waals surface area contributed by atoms with E-state index in [1.807, 2.05) is 0 Å². The Kier molecular flexibility index (Phi) is 7.86. The van der Waals surface area contributed by atoms with Crippen molar-refractivity contribution in [2.24, 2.45) is 0 Å². The predicted octanol–water partition coefficient (Wildman–Crippen LogP) is 4.67. The number of hydrogen-bond donors (Lipinski definition) is 1. The summed E-state index contributed by atoms with van der Waals surface area (Å²) in [5.41, 5.74) is 2.78. The maximum absolute atomic E-state index is 5.54. The fourth-order valence-corrected chi connectivity index (χ4v) is 2.15. The second kappa shape index (κ2) is 9.15. The lowest BCUT2D eigenvalue weighted by molar-refractivity contribution is 0.0759. The van der Waals surface area contributed by atoms with Crippen LogP contribution in [0.1, 0.15) is 70.5 Å². The molecular weight excluding hydrogens is 246 g/mol. The molecule has 1 atom stereocenters. The van der Waals surface area contributed by atoms with E-state index < -0.39 is 0 Å². The first-order chi connectivity index (χ1) is 9.50. The van der Waals surface area contributed by atoms with Crippen molar-refractivity contribution in [3.05, 3.63) is 35.4 Å². The second-order valence-electron chi connectivity index (χ2n) is 6.12. The van der Waals surface area contributed by atoms with Crippen LogP contribution in [-0.2, 0) is 4.74 Å². The summed E-state index contributed by atoms with van der Waals surface area (Å²) >= 11 is 0. The maximum Gasteiger partial charge on any atom is 0.0518 e. The van der Waals surface area contributed by atoms with Crippen molar-refractivity contribution in [2.45, 2.75) is 65.5 Å². The van der Waals surface area contributed by atoms with E-state index >= 15 is 0 Å². The molecule has 0 aliphatic heterocycles. The average Bonchev–Trinajstić information content (AvgIpc) is 2.42. The molecule has 0 fully saturated rings. The standard InChI is InChI=1S/C18H31NO/c1-14(2)17-8-10-18(11-9-17)16(5)19-12-6-7-13-20-15(3)4/h8-11,14-16,19H,6-7,12-13H2,1-5H3. The van der Waals surface area contributed by atoms with E-state index in [1.54, 1.807) is 0 Å². The van der Waals surface area contributed by atoms with Crippen LogP contribution >= 0.6 is 0 Å². The molecule has 1 unspecified atom stereocenters. The molecule has 0 bridgehead atoms. The summed E-state index contributed by atoms with van der Waals surface area (Å²) in [6.07, 6.45) is 2.65. The number of ether oxygens (including phenoxy) is 1. The first-order valence-electron chi connectivity index (χ1n) is 7.95. The number of unbranched alkanes of at least 4 members (excludes halogenated alkanes) is 1. The lowest BCUT2D eigenvalue weighted by Gasteiger charge is -2.15. The van der Waals surface area contributed by atoms with E-state index in [0.717, 1.165) is 19.6 Å². The summed E-state index contributed by atoms with van der Waals surface area (Å²) in [6, 6.07) is 9.40. The zero-order valence-corrected chi connectivity index (χ0v) is 13.8. The Balaban J connectivity index is 2.23. The Hall–Kier alpha value is -0.860. The van der Waals surface area contributed by atoms with Crippen LogP contribution in [0.15, 0.2) is 24.3 Å². The molecule has 0 saturated carbocycles. The van der Waals surface area contributed by atoms with E-state index in [2.05, 4.69) is 64.2 Å². The zero-order chi connectivity index (χ0) is 15.0. The van der Waals surface area contributed by atoms with Crippen molar-refractivity contribution in [2.75, 3.05) is 13.2 Å². The van der Waals surface area contributed by atoms with E-state index in [4.69, 9.17) is 4.74 Å². The molecule has 0 aromatic heterocycles. The van der Waals surface area contributed by atoms with Gasteiger partial charge in [0.05, 0.1) is 6.10 Å². The highest BCUT2D eigenvalue weighted by Gasteiger charge is 2.05. The van der Waals surface area contributed by atoms with Crippen LogP contribution in [0, 0.1) is 0 Å². The van der Waals surface area contributed by atoms with Crippen molar-refractivity contribution in [3.63, 3.8) is 0 Å². The minimum Gasteiger partial charge on any atom is -0.379 e. The minimum absolute atomic E-state index is 0.348. The lowest BCUT2D eigenvalue weighted by Crippen LogP contribution is -2.20. The molecule has 0 aliphatic rings. The SMILES string of the molecule is CC(C)OCCCCNC(C)c1ccc(C(C)C)cc1. The van der Waals surface area contributed by atoms with Crippen LogP contribution in [0.25, 0.3) is 0 Å². The third-order valence-corrected chi connectivity index (χ3v) is 3.58. The Labute approximate surface area is 124 Å². The van der Waals surface area contributed by atoms with E-state index in [0.29, 0.717) is 18.1 Å². The van der Waals surface area contributed by atoms with Gasteiger partial charge in [-0.05, 0) is 57.2 Å². The highest BCUT2D eigenvalue weighted by atomic mass is 16.5. The molecule has 0 heterocycles. The molecule has 0 amide bonds. The van der Waals surface area contributed by atoms with E-state index in [-0.39, 0.29) is 0 Å². The van der Waals surface area contributed by atoms with Gasteiger partial charge in [-0.1, -0.05) is 38.1 Å². The molecule has 20 heavy (non-hydrogen) atoms. The molecule has 1 rings (SSSR count). The number of hydrogen-bond acceptors (Lipinski definition) is 2. The molecule has 0 saturated heterocycles. The third-order valence-electron chi connectivity index (χ3n) is 3.58. The van der Waals surface area contributed by atoms with Gasteiger partial charge < -0.3 is 10.1 Å². The Bertz CT molecular complexity index is 356. The monoisotopic (exact) mass is 277 g/mol. The number of nitrogens with one attached hydrogen (secondary N) is 1. The molecule has 114 valence electrons. The first-order valence-corrected chi connectivity index (χ1v) is 7.95.